The molecule has 132 valence electrons. The first-order valence-electron chi connectivity index (χ1n) is 8.72. The van der Waals surface area contributed by atoms with Crippen molar-refractivity contribution in [3.8, 4) is 0 Å². The number of hydrogen-bond acceptors (Lipinski definition) is 3. The number of amides is 1. The molecule has 0 radical (unpaired) electrons. The average molecular weight is 343 g/mol. The molecule has 0 aliphatic heterocycles. The third-order valence-electron chi connectivity index (χ3n) is 4.30. The van der Waals surface area contributed by atoms with Crippen molar-refractivity contribution in [3.05, 3.63) is 63.8 Å². The van der Waals surface area contributed by atoms with E-state index in [1.165, 1.54) is 28.9 Å². The van der Waals surface area contributed by atoms with Gasteiger partial charge in [0.25, 0.3) is 11.5 Å². The van der Waals surface area contributed by atoms with Crippen LogP contribution in [0.15, 0.2) is 41.2 Å². The minimum absolute atomic E-state index is 0.161. The molecule has 6 heteroatoms. The van der Waals surface area contributed by atoms with Gasteiger partial charge in [-0.2, -0.15) is 5.10 Å². The van der Waals surface area contributed by atoms with E-state index in [9.17, 15) is 14.0 Å². The zero-order chi connectivity index (χ0) is 17.8. The van der Waals surface area contributed by atoms with Crippen molar-refractivity contribution in [2.45, 2.75) is 51.7 Å². The second-order valence-electron chi connectivity index (χ2n) is 6.43. The van der Waals surface area contributed by atoms with Crippen molar-refractivity contribution in [3.63, 3.8) is 0 Å². The maximum atomic E-state index is 13.4. The predicted molar refractivity (Wildman–Crippen MR) is 92.7 cm³/mol. The molecule has 3 rings (SSSR count). The van der Waals surface area contributed by atoms with Crippen LogP contribution in [0.5, 0.6) is 0 Å². The SMILES string of the molecule is CCCCn1nc(C(=O)N(Cc2cccc(F)c2)C2CC2)ccc1=O. The van der Waals surface area contributed by atoms with Gasteiger partial charge in [0.05, 0.1) is 0 Å². The van der Waals surface area contributed by atoms with Gasteiger partial charge < -0.3 is 4.90 Å². The second kappa shape index (κ2) is 7.59. The Balaban J connectivity index is 1.82. The molecule has 1 heterocycles. The Bertz CT molecular complexity index is 814. The third kappa shape index (κ3) is 4.32. The van der Waals surface area contributed by atoms with E-state index in [-0.39, 0.29) is 29.0 Å². The fraction of sp³-hybridized carbons (Fsp3) is 0.421. The highest BCUT2D eigenvalue weighted by atomic mass is 19.1. The number of carbonyl (C=O) groups is 1. The molecule has 1 aliphatic carbocycles. The lowest BCUT2D eigenvalue weighted by Gasteiger charge is -2.22. The van der Waals surface area contributed by atoms with Crippen LogP contribution in [0.4, 0.5) is 4.39 Å². The fourth-order valence-electron chi connectivity index (χ4n) is 2.76. The molecule has 1 fully saturated rings. The van der Waals surface area contributed by atoms with Crippen LogP contribution in [0.1, 0.15) is 48.7 Å². The summed E-state index contributed by atoms with van der Waals surface area (Å²) in [5, 5.41) is 4.24. The van der Waals surface area contributed by atoms with E-state index in [2.05, 4.69) is 5.10 Å². The summed E-state index contributed by atoms with van der Waals surface area (Å²) in [5.41, 5.74) is 0.812. The van der Waals surface area contributed by atoms with Crippen molar-refractivity contribution in [2.75, 3.05) is 0 Å². The number of aromatic nitrogens is 2. The number of carbonyl (C=O) groups excluding carboxylic acids is 1. The molecular weight excluding hydrogens is 321 g/mol. The molecule has 1 aromatic heterocycles. The van der Waals surface area contributed by atoms with Gasteiger partial charge in [-0.1, -0.05) is 25.5 Å². The van der Waals surface area contributed by atoms with E-state index in [0.29, 0.717) is 13.1 Å². The summed E-state index contributed by atoms with van der Waals surface area (Å²) in [6.45, 7) is 2.88. The van der Waals surface area contributed by atoms with Gasteiger partial charge in [0.15, 0.2) is 0 Å². The molecule has 1 saturated carbocycles. The zero-order valence-electron chi connectivity index (χ0n) is 14.3. The maximum absolute atomic E-state index is 13.4. The van der Waals surface area contributed by atoms with E-state index in [4.69, 9.17) is 0 Å². The Labute approximate surface area is 146 Å². The molecule has 1 aromatic carbocycles. The lowest BCUT2D eigenvalue weighted by Crippen LogP contribution is -2.35. The third-order valence-corrected chi connectivity index (χ3v) is 4.30. The van der Waals surface area contributed by atoms with Crippen LogP contribution in [-0.2, 0) is 13.1 Å². The highest BCUT2D eigenvalue weighted by Gasteiger charge is 2.33. The zero-order valence-corrected chi connectivity index (χ0v) is 14.3. The van der Waals surface area contributed by atoms with Gasteiger partial charge in [-0.05, 0) is 43.0 Å². The van der Waals surface area contributed by atoms with Gasteiger partial charge in [0.2, 0.25) is 0 Å². The van der Waals surface area contributed by atoms with E-state index in [1.54, 1.807) is 17.0 Å². The van der Waals surface area contributed by atoms with Gasteiger partial charge in [0.1, 0.15) is 11.5 Å². The maximum Gasteiger partial charge on any atom is 0.274 e. The summed E-state index contributed by atoms with van der Waals surface area (Å²) in [6.07, 6.45) is 3.66. The Morgan fingerprint density at radius 3 is 2.80 bits per heavy atom. The number of benzene rings is 1. The summed E-state index contributed by atoms with van der Waals surface area (Å²) in [5.74, 6) is -0.524. The van der Waals surface area contributed by atoms with Gasteiger partial charge >= 0.3 is 0 Å². The van der Waals surface area contributed by atoms with Crippen LogP contribution >= 0.6 is 0 Å². The lowest BCUT2D eigenvalue weighted by atomic mass is 10.2. The minimum atomic E-state index is -0.313. The van der Waals surface area contributed by atoms with Crippen molar-refractivity contribution in [2.24, 2.45) is 0 Å². The van der Waals surface area contributed by atoms with Crippen LogP contribution in [0, 0.1) is 5.82 Å². The summed E-state index contributed by atoms with van der Waals surface area (Å²) in [4.78, 5) is 26.5. The van der Waals surface area contributed by atoms with Crippen molar-refractivity contribution >= 4 is 5.91 Å². The Hall–Kier alpha value is -2.50. The Morgan fingerprint density at radius 1 is 1.32 bits per heavy atom. The van der Waals surface area contributed by atoms with E-state index in [0.717, 1.165) is 31.2 Å². The first kappa shape index (κ1) is 17.3. The van der Waals surface area contributed by atoms with Gasteiger partial charge in [-0.15, -0.1) is 0 Å². The lowest BCUT2D eigenvalue weighted by molar-refractivity contribution is 0.0720. The van der Waals surface area contributed by atoms with E-state index >= 15 is 0 Å². The second-order valence-corrected chi connectivity index (χ2v) is 6.43. The molecule has 25 heavy (non-hydrogen) atoms. The summed E-state index contributed by atoms with van der Waals surface area (Å²) >= 11 is 0. The highest BCUT2D eigenvalue weighted by Crippen LogP contribution is 2.29. The number of nitrogens with zero attached hydrogens (tertiary/aromatic N) is 3. The van der Waals surface area contributed by atoms with Crippen LogP contribution in [0.25, 0.3) is 0 Å². The molecule has 5 nitrogen and oxygen atoms in total. The Morgan fingerprint density at radius 2 is 2.12 bits per heavy atom. The van der Waals surface area contributed by atoms with Gasteiger partial charge in [-0.25, -0.2) is 9.07 Å². The predicted octanol–water partition coefficient (Wildman–Crippen LogP) is 2.99. The van der Waals surface area contributed by atoms with Crippen LogP contribution in [0.3, 0.4) is 0 Å². The monoisotopic (exact) mass is 343 g/mol. The first-order chi connectivity index (χ1) is 12.1. The van der Waals surface area contributed by atoms with Crippen LogP contribution in [-0.4, -0.2) is 26.6 Å². The molecule has 0 N–H and O–H groups in total. The van der Waals surface area contributed by atoms with Crippen molar-refractivity contribution < 1.29 is 9.18 Å². The first-order valence-corrected chi connectivity index (χ1v) is 8.72. The molecular formula is C19H22FN3O2. The normalized spacial score (nSPS) is 13.7. The smallest absolute Gasteiger partial charge is 0.274 e. The fourth-order valence-corrected chi connectivity index (χ4v) is 2.76. The van der Waals surface area contributed by atoms with Crippen molar-refractivity contribution in [1.82, 2.24) is 14.7 Å². The number of rotatable bonds is 7. The quantitative estimate of drug-likeness (QED) is 0.777. The van der Waals surface area contributed by atoms with Gasteiger partial charge in [-0.3, -0.25) is 9.59 Å². The minimum Gasteiger partial charge on any atom is -0.330 e. The van der Waals surface area contributed by atoms with Crippen LogP contribution < -0.4 is 5.56 Å². The van der Waals surface area contributed by atoms with E-state index in [1.807, 2.05) is 6.92 Å². The molecule has 0 atom stereocenters. The number of hydrogen-bond donors (Lipinski definition) is 0. The molecule has 1 aliphatic rings. The highest BCUT2D eigenvalue weighted by molar-refractivity contribution is 5.92. The van der Waals surface area contributed by atoms with Crippen LogP contribution in [0.2, 0.25) is 0 Å². The Kier molecular flexibility index (Phi) is 5.26. The largest absolute Gasteiger partial charge is 0.330 e. The number of halogens is 1. The topological polar surface area (TPSA) is 55.2 Å². The summed E-state index contributed by atoms with van der Waals surface area (Å²) < 4.78 is 14.8. The standard InChI is InChI=1S/C19H22FN3O2/c1-2-3-11-23-18(24)10-9-17(21-23)19(25)22(16-7-8-16)13-14-5-4-6-15(20)12-14/h4-6,9-10,12,16H,2-3,7-8,11,13H2,1H3. The molecule has 0 spiro atoms. The number of aryl methyl sites for hydroxylation is 1. The molecule has 0 bridgehead atoms. The number of unbranched alkanes of at least 4 members (excludes halogenated alkanes) is 1. The van der Waals surface area contributed by atoms with Crippen molar-refractivity contribution in [1.29, 1.82) is 0 Å². The molecule has 2 aromatic rings. The summed E-state index contributed by atoms with van der Waals surface area (Å²) in [6, 6.07) is 9.31. The molecule has 0 unspecified atom stereocenters. The summed E-state index contributed by atoms with van der Waals surface area (Å²) in [7, 11) is 0. The molecule has 0 saturated heterocycles. The van der Waals surface area contributed by atoms with Gasteiger partial charge in [0, 0.05) is 25.2 Å². The van der Waals surface area contributed by atoms with E-state index < -0.39 is 0 Å². The molecule has 1 amide bonds. The average Bonchev–Trinajstić information content (AvgIpc) is 3.43.